The fraction of sp³-hybridized carbons (Fsp3) is 0.235. The Labute approximate surface area is 153 Å². The number of imidazole rings is 1. The monoisotopic (exact) mass is 367 g/mol. The fourth-order valence-electron chi connectivity index (χ4n) is 2.69. The number of hydrogen-bond donors (Lipinski definition) is 2. The lowest BCUT2D eigenvalue weighted by Crippen LogP contribution is -2.28. The van der Waals surface area contributed by atoms with Crippen LogP contribution in [0.25, 0.3) is 16.2 Å². The molecule has 0 unspecified atom stereocenters. The van der Waals surface area contributed by atoms with Gasteiger partial charge in [0.2, 0.25) is 0 Å². The van der Waals surface area contributed by atoms with Gasteiger partial charge in [-0.25, -0.2) is 4.98 Å². The summed E-state index contributed by atoms with van der Waals surface area (Å²) in [6, 6.07) is 7.97. The number of nitrogens with zero attached hydrogens (tertiary/aromatic N) is 5. The second-order valence-corrected chi connectivity index (χ2v) is 6.75. The molecule has 0 saturated heterocycles. The number of aromatic nitrogens is 6. The molecule has 1 aromatic carbocycles. The summed E-state index contributed by atoms with van der Waals surface area (Å²) in [6.07, 6.45) is 2.89. The Morgan fingerprint density at radius 1 is 1.35 bits per heavy atom. The average Bonchev–Trinajstić information content (AvgIpc) is 3.38. The van der Waals surface area contributed by atoms with Crippen molar-refractivity contribution < 1.29 is 4.79 Å². The summed E-state index contributed by atoms with van der Waals surface area (Å²) < 4.78 is 1.81. The SMILES string of the molecule is CCc1ccc(-c2cn3c(C(=O)N[C@H](C)c4nn[nH]n4)csc3n2)cc1. The van der Waals surface area contributed by atoms with Crippen LogP contribution in [-0.4, -0.2) is 35.9 Å². The summed E-state index contributed by atoms with van der Waals surface area (Å²) in [5, 5.41) is 18.4. The van der Waals surface area contributed by atoms with Crippen LogP contribution in [0.2, 0.25) is 0 Å². The summed E-state index contributed by atoms with van der Waals surface area (Å²) in [6.45, 7) is 3.93. The molecule has 0 radical (unpaired) electrons. The number of H-pyrrole nitrogens is 1. The van der Waals surface area contributed by atoms with Gasteiger partial charge in [-0.3, -0.25) is 9.20 Å². The highest BCUT2D eigenvalue weighted by Crippen LogP contribution is 2.24. The standard InChI is InChI=1S/C17H17N7OS/c1-3-11-4-6-12(7-5-11)13-8-24-14(9-26-17(24)19-13)16(25)18-10(2)15-20-22-23-21-15/h4-10H,3H2,1-2H3,(H,18,25)(H,20,21,22,23)/t10-/m1/s1. The zero-order chi connectivity index (χ0) is 18.1. The van der Waals surface area contributed by atoms with E-state index in [0.29, 0.717) is 11.5 Å². The Balaban J connectivity index is 1.60. The first kappa shape index (κ1) is 16.4. The molecule has 1 amide bonds. The number of tetrazole rings is 1. The molecule has 132 valence electrons. The van der Waals surface area contributed by atoms with Gasteiger partial charge in [0.15, 0.2) is 10.8 Å². The minimum atomic E-state index is -0.346. The van der Waals surface area contributed by atoms with Crippen LogP contribution >= 0.6 is 11.3 Å². The molecule has 0 aliphatic rings. The lowest BCUT2D eigenvalue weighted by molar-refractivity contribution is 0.0932. The van der Waals surface area contributed by atoms with Crippen LogP contribution < -0.4 is 5.32 Å². The summed E-state index contributed by atoms with van der Waals surface area (Å²) in [4.78, 5) is 18.0. The molecule has 0 spiro atoms. The third-order valence-electron chi connectivity index (χ3n) is 4.20. The van der Waals surface area contributed by atoms with E-state index < -0.39 is 0 Å². The van der Waals surface area contributed by atoms with Crippen molar-refractivity contribution in [3.63, 3.8) is 0 Å². The van der Waals surface area contributed by atoms with Crippen molar-refractivity contribution in [1.29, 1.82) is 0 Å². The number of aromatic amines is 1. The van der Waals surface area contributed by atoms with Crippen LogP contribution in [0.5, 0.6) is 0 Å². The zero-order valence-corrected chi connectivity index (χ0v) is 15.1. The van der Waals surface area contributed by atoms with Crippen LogP contribution in [0.3, 0.4) is 0 Å². The maximum Gasteiger partial charge on any atom is 0.269 e. The van der Waals surface area contributed by atoms with E-state index >= 15 is 0 Å². The molecule has 8 nitrogen and oxygen atoms in total. The van der Waals surface area contributed by atoms with Gasteiger partial charge >= 0.3 is 0 Å². The molecule has 2 N–H and O–H groups in total. The number of carbonyl (C=O) groups is 1. The quantitative estimate of drug-likeness (QED) is 0.565. The Morgan fingerprint density at radius 3 is 2.85 bits per heavy atom. The van der Waals surface area contributed by atoms with Crippen molar-refractivity contribution in [2.45, 2.75) is 26.3 Å². The predicted molar refractivity (Wildman–Crippen MR) is 97.9 cm³/mol. The van der Waals surface area contributed by atoms with Crippen molar-refractivity contribution in [3.8, 4) is 11.3 Å². The molecule has 0 aliphatic heterocycles. The highest BCUT2D eigenvalue weighted by molar-refractivity contribution is 7.15. The number of aryl methyl sites for hydroxylation is 1. The number of fused-ring (bicyclic) bond motifs is 1. The van der Waals surface area contributed by atoms with Crippen LogP contribution in [0, 0.1) is 0 Å². The average molecular weight is 367 g/mol. The maximum atomic E-state index is 12.6. The van der Waals surface area contributed by atoms with E-state index in [4.69, 9.17) is 0 Å². The Bertz CT molecular complexity index is 1030. The molecule has 3 aromatic heterocycles. The molecule has 0 bridgehead atoms. The maximum absolute atomic E-state index is 12.6. The van der Waals surface area contributed by atoms with Gasteiger partial charge < -0.3 is 5.32 Å². The van der Waals surface area contributed by atoms with Crippen molar-refractivity contribution in [1.82, 2.24) is 35.3 Å². The molecule has 0 fully saturated rings. The van der Waals surface area contributed by atoms with Gasteiger partial charge in [0.05, 0.1) is 11.7 Å². The zero-order valence-electron chi connectivity index (χ0n) is 14.3. The fourth-order valence-corrected chi connectivity index (χ4v) is 3.54. The van der Waals surface area contributed by atoms with E-state index in [9.17, 15) is 4.79 Å². The lowest BCUT2D eigenvalue weighted by atomic mass is 10.1. The minimum Gasteiger partial charge on any atom is -0.341 e. The molecule has 1 atom stereocenters. The van der Waals surface area contributed by atoms with Gasteiger partial charge in [-0.15, -0.1) is 21.5 Å². The third-order valence-corrected chi connectivity index (χ3v) is 5.04. The van der Waals surface area contributed by atoms with Crippen LogP contribution in [-0.2, 0) is 6.42 Å². The number of thiazole rings is 1. The van der Waals surface area contributed by atoms with E-state index in [1.54, 1.807) is 12.3 Å². The second kappa shape index (κ2) is 6.68. The van der Waals surface area contributed by atoms with Crippen molar-refractivity contribution >= 4 is 22.2 Å². The minimum absolute atomic E-state index is 0.209. The summed E-state index contributed by atoms with van der Waals surface area (Å²) in [7, 11) is 0. The number of amides is 1. The Hall–Kier alpha value is -3.07. The Morgan fingerprint density at radius 2 is 2.15 bits per heavy atom. The van der Waals surface area contributed by atoms with E-state index in [2.05, 4.69) is 62.1 Å². The molecular formula is C17H17N7OS. The van der Waals surface area contributed by atoms with Crippen molar-refractivity contribution in [2.24, 2.45) is 0 Å². The Kier molecular flexibility index (Phi) is 4.21. The number of hydrogen-bond acceptors (Lipinski definition) is 6. The van der Waals surface area contributed by atoms with Crippen LogP contribution in [0.1, 0.15) is 41.8 Å². The van der Waals surface area contributed by atoms with Gasteiger partial charge in [-0.05, 0) is 18.9 Å². The van der Waals surface area contributed by atoms with Gasteiger partial charge in [0.1, 0.15) is 5.69 Å². The van der Waals surface area contributed by atoms with E-state index in [-0.39, 0.29) is 11.9 Å². The molecule has 0 saturated carbocycles. The summed E-state index contributed by atoms with van der Waals surface area (Å²) >= 11 is 1.43. The number of rotatable bonds is 5. The normalized spacial score (nSPS) is 12.4. The topological polar surface area (TPSA) is 101 Å². The van der Waals surface area contributed by atoms with Gasteiger partial charge in [0.25, 0.3) is 5.91 Å². The second-order valence-electron chi connectivity index (χ2n) is 5.92. The summed E-state index contributed by atoms with van der Waals surface area (Å²) in [5.41, 5.74) is 3.69. The van der Waals surface area contributed by atoms with Crippen LogP contribution in [0.15, 0.2) is 35.8 Å². The molecule has 3 heterocycles. The molecule has 4 rings (SSSR count). The van der Waals surface area contributed by atoms with Crippen LogP contribution in [0.4, 0.5) is 0 Å². The van der Waals surface area contributed by atoms with Gasteiger partial charge in [-0.2, -0.15) is 5.21 Å². The smallest absolute Gasteiger partial charge is 0.269 e. The van der Waals surface area contributed by atoms with Crippen molar-refractivity contribution in [2.75, 3.05) is 0 Å². The highest BCUT2D eigenvalue weighted by atomic mass is 32.1. The highest BCUT2D eigenvalue weighted by Gasteiger charge is 2.19. The molecule has 0 aliphatic carbocycles. The number of carbonyl (C=O) groups excluding carboxylic acids is 1. The largest absolute Gasteiger partial charge is 0.341 e. The molecule has 26 heavy (non-hydrogen) atoms. The predicted octanol–water partition coefficient (Wildman–Crippen LogP) is 2.63. The molecule has 9 heteroatoms. The number of nitrogens with one attached hydrogen (secondary N) is 2. The summed E-state index contributed by atoms with van der Waals surface area (Å²) in [5.74, 6) is 0.228. The van der Waals surface area contributed by atoms with E-state index in [0.717, 1.165) is 22.6 Å². The van der Waals surface area contributed by atoms with Gasteiger partial charge in [-0.1, -0.05) is 36.4 Å². The first-order valence-electron chi connectivity index (χ1n) is 8.26. The number of benzene rings is 1. The molecular weight excluding hydrogens is 350 g/mol. The first-order chi connectivity index (χ1) is 12.7. The van der Waals surface area contributed by atoms with E-state index in [1.165, 1.54) is 16.9 Å². The van der Waals surface area contributed by atoms with Crippen molar-refractivity contribution in [3.05, 3.63) is 52.9 Å². The first-order valence-corrected chi connectivity index (χ1v) is 9.13. The third kappa shape index (κ3) is 2.97. The van der Waals surface area contributed by atoms with Gasteiger partial charge in [0, 0.05) is 17.1 Å². The van der Waals surface area contributed by atoms with E-state index in [1.807, 2.05) is 10.6 Å². The lowest BCUT2D eigenvalue weighted by Gasteiger charge is -2.09. The molecule has 4 aromatic rings.